The molecular weight excluding hydrogens is 507 g/mol. The van der Waals surface area contributed by atoms with Gasteiger partial charge in [0.25, 0.3) is 5.91 Å². The molecule has 0 aliphatic carbocycles. The summed E-state index contributed by atoms with van der Waals surface area (Å²) in [4.78, 5) is 14.9. The number of halogens is 4. The number of carbonyl (C=O) groups excluding carboxylic acids is 1. The largest absolute Gasteiger partial charge is 0.416 e. The molecule has 0 spiro atoms. The number of hydrogen-bond acceptors (Lipinski definition) is 5. The lowest BCUT2D eigenvalue weighted by molar-refractivity contribution is -0.137. The second-order valence-corrected chi connectivity index (χ2v) is 9.09. The average Bonchev–Trinajstić information content (AvgIpc) is 3.45. The monoisotopic (exact) mass is 531 g/mol. The maximum Gasteiger partial charge on any atom is 0.416 e. The van der Waals surface area contributed by atoms with Crippen LogP contribution in [0.2, 0.25) is 5.02 Å². The number of alkyl halides is 3. The zero-order valence-electron chi connectivity index (χ0n) is 20.6. The second-order valence-electron chi connectivity index (χ2n) is 8.68. The van der Waals surface area contributed by atoms with E-state index in [0.29, 0.717) is 35.1 Å². The number of rotatable bonds is 7. The van der Waals surface area contributed by atoms with E-state index < -0.39 is 17.6 Å². The number of carbonyl (C=O) groups is 1. The van der Waals surface area contributed by atoms with Crippen molar-refractivity contribution < 1.29 is 18.0 Å². The number of anilines is 1. The molecule has 0 fully saturated rings. The Morgan fingerprint density at radius 3 is 2.59 bits per heavy atom. The van der Waals surface area contributed by atoms with Gasteiger partial charge in [-0.2, -0.15) is 18.3 Å². The Labute approximate surface area is 216 Å². The number of aryl methyl sites for hydroxylation is 1. The molecule has 0 saturated carbocycles. The summed E-state index contributed by atoms with van der Waals surface area (Å²) in [6.45, 7) is 4.78. The minimum absolute atomic E-state index is 0.0472. The van der Waals surface area contributed by atoms with E-state index in [0.717, 1.165) is 23.4 Å². The summed E-state index contributed by atoms with van der Waals surface area (Å²) >= 11 is 6.37. The van der Waals surface area contributed by atoms with Crippen molar-refractivity contribution in [2.75, 3.05) is 18.9 Å². The Kier molecular flexibility index (Phi) is 7.37. The fourth-order valence-electron chi connectivity index (χ4n) is 3.73. The second kappa shape index (κ2) is 10.3. The van der Waals surface area contributed by atoms with Gasteiger partial charge >= 0.3 is 6.18 Å². The predicted octanol–water partition coefficient (Wildman–Crippen LogP) is 5.35. The lowest BCUT2D eigenvalue weighted by Gasteiger charge is -2.17. The molecule has 1 amide bonds. The average molecular weight is 532 g/mol. The first-order chi connectivity index (χ1) is 17.5. The molecule has 0 aliphatic heterocycles. The normalized spacial score (nSPS) is 11.8. The summed E-state index contributed by atoms with van der Waals surface area (Å²) in [5.41, 5.74) is 2.51. The Morgan fingerprint density at radius 1 is 1.19 bits per heavy atom. The maximum atomic E-state index is 13.5. The van der Waals surface area contributed by atoms with Gasteiger partial charge in [-0.1, -0.05) is 23.7 Å². The minimum atomic E-state index is -4.55. The van der Waals surface area contributed by atoms with Crippen molar-refractivity contribution in [1.82, 2.24) is 29.7 Å². The molecule has 2 aromatic heterocycles. The molecule has 0 radical (unpaired) electrons. The van der Waals surface area contributed by atoms with Crippen LogP contribution in [-0.4, -0.2) is 49.2 Å². The van der Waals surface area contributed by atoms with Crippen molar-refractivity contribution in [3.05, 3.63) is 76.2 Å². The van der Waals surface area contributed by atoms with Gasteiger partial charge < -0.3 is 10.2 Å². The van der Waals surface area contributed by atoms with Crippen LogP contribution in [0.3, 0.4) is 0 Å². The zero-order chi connectivity index (χ0) is 26.9. The van der Waals surface area contributed by atoms with Crippen LogP contribution in [0.25, 0.3) is 16.9 Å². The van der Waals surface area contributed by atoms with E-state index in [4.69, 9.17) is 11.6 Å². The first-order valence-corrected chi connectivity index (χ1v) is 11.8. The van der Waals surface area contributed by atoms with Crippen LogP contribution < -0.4 is 5.32 Å². The number of amides is 1. The molecule has 2 heterocycles. The highest BCUT2D eigenvalue weighted by Crippen LogP contribution is 2.33. The quantitative estimate of drug-likeness (QED) is 0.347. The fraction of sp³-hybridized carbons (Fsp3) is 0.280. The van der Waals surface area contributed by atoms with Crippen molar-refractivity contribution in [3.8, 4) is 16.9 Å². The van der Waals surface area contributed by atoms with Crippen LogP contribution in [0.1, 0.15) is 34.1 Å². The van der Waals surface area contributed by atoms with Gasteiger partial charge in [-0.3, -0.25) is 9.48 Å². The summed E-state index contributed by atoms with van der Waals surface area (Å²) < 4.78 is 43.7. The summed E-state index contributed by atoms with van der Waals surface area (Å²) in [6.07, 6.45) is -1.21. The van der Waals surface area contributed by atoms with E-state index in [1.54, 1.807) is 24.1 Å². The van der Waals surface area contributed by atoms with E-state index >= 15 is 0 Å². The Hall–Kier alpha value is -3.70. The number of aromatic nitrogens is 5. The molecular formula is C25H25ClF3N7O. The first-order valence-electron chi connectivity index (χ1n) is 11.4. The standard InChI is InChI=1S/C25H25ClF3N7O/c1-5-34(3)13-16-8-18(25(27,28)29)11-19(9-16)31-24(37)17-6-7-21(26)23(10-17)36-14-22(32-33-36)20-12-30-35(4)15(20)2/h6-12,14H,5,13H2,1-4H3,(H,31,37). The number of benzene rings is 2. The Morgan fingerprint density at radius 2 is 1.95 bits per heavy atom. The first kappa shape index (κ1) is 26.4. The minimum Gasteiger partial charge on any atom is -0.322 e. The molecule has 0 unspecified atom stereocenters. The molecule has 1 N–H and O–H groups in total. The van der Waals surface area contributed by atoms with Gasteiger partial charge in [0.2, 0.25) is 0 Å². The van der Waals surface area contributed by atoms with Gasteiger partial charge in [0.15, 0.2) is 0 Å². The van der Waals surface area contributed by atoms with Gasteiger partial charge in [0.05, 0.1) is 28.7 Å². The summed E-state index contributed by atoms with van der Waals surface area (Å²) in [6, 6.07) is 8.07. The number of hydrogen-bond donors (Lipinski definition) is 1. The topological polar surface area (TPSA) is 80.9 Å². The van der Waals surface area contributed by atoms with Crippen molar-refractivity contribution in [2.24, 2.45) is 7.05 Å². The van der Waals surface area contributed by atoms with E-state index in [1.165, 1.54) is 28.9 Å². The third-order valence-corrected chi connectivity index (χ3v) is 6.35. The molecule has 0 atom stereocenters. The highest BCUT2D eigenvalue weighted by atomic mass is 35.5. The van der Waals surface area contributed by atoms with Crippen molar-refractivity contribution in [3.63, 3.8) is 0 Å². The van der Waals surface area contributed by atoms with E-state index in [1.807, 2.05) is 25.8 Å². The smallest absolute Gasteiger partial charge is 0.322 e. The fourth-order valence-corrected chi connectivity index (χ4v) is 3.93. The Balaban J connectivity index is 1.62. The highest BCUT2D eigenvalue weighted by Gasteiger charge is 2.31. The van der Waals surface area contributed by atoms with Crippen LogP contribution in [0.4, 0.5) is 18.9 Å². The van der Waals surface area contributed by atoms with Crippen molar-refractivity contribution in [2.45, 2.75) is 26.6 Å². The third-order valence-electron chi connectivity index (χ3n) is 6.03. The van der Waals surface area contributed by atoms with Gasteiger partial charge in [-0.15, -0.1) is 5.10 Å². The summed E-state index contributed by atoms with van der Waals surface area (Å²) in [7, 11) is 3.62. The molecule has 0 aliphatic rings. The molecule has 2 aromatic carbocycles. The van der Waals surface area contributed by atoms with E-state index in [-0.39, 0.29) is 11.3 Å². The van der Waals surface area contributed by atoms with Gasteiger partial charge in [-0.05, 0) is 62.5 Å². The molecule has 194 valence electrons. The Bertz CT molecular complexity index is 1440. The van der Waals surface area contributed by atoms with Crippen LogP contribution in [0.15, 0.2) is 48.8 Å². The molecule has 0 saturated heterocycles. The van der Waals surface area contributed by atoms with Gasteiger partial charge in [0, 0.05) is 36.1 Å². The predicted molar refractivity (Wildman–Crippen MR) is 135 cm³/mol. The summed E-state index contributed by atoms with van der Waals surface area (Å²) in [5, 5.41) is 15.4. The molecule has 4 aromatic rings. The van der Waals surface area contributed by atoms with Crippen LogP contribution in [0.5, 0.6) is 0 Å². The van der Waals surface area contributed by atoms with E-state index in [2.05, 4.69) is 20.7 Å². The van der Waals surface area contributed by atoms with Crippen LogP contribution in [0, 0.1) is 6.92 Å². The number of nitrogens with one attached hydrogen (secondary N) is 1. The van der Waals surface area contributed by atoms with Crippen LogP contribution >= 0.6 is 11.6 Å². The third kappa shape index (κ3) is 5.83. The lowest BCUT2D eigenvalue weighted by Crippen LogP contribution is -2.18. The lowest BCUT2D eigenvalue weighted by atomic mass is 10.1. The van der Waals surface area contributed by atoms with Crippen LogP contribution in [-0.2, 0) is 19.8 Å². The van der Waals surface area contributed by atoms with Gasteiger partial charge in [0.1, 0.15) is 5.69 Å². The van der Waals surface area contributed by atoms with Crippen molar-refractivity contribution in [1.29, 1.82) is 0 Å². The van der Waals surface area contributed by atoms with Gasteiger partial charge in [-0.25, -0.2) is 4.68 Å². The zero-order valence-corrected chi connectivity index (χ0v) is 21.4. The number of nitrogens with zero attached hydrogens (tertiary/aromatic N) is 6. The maximum absolute atomic E-state index is 13.5. The molecule has 12 heteroatoms. The molecule has 8 nitrogen and oxygen atoms in total. The summed E-state index contributed by atoms with van der Waals surface area (Å²) in [5.74, 6) is -0.588. The van der Waals surface area contributed by atoms with E-state index in [9.17, 15) is 18.0 Å². The molecule has 37 heavy (non-hydrogen) atoms. The molecule has 0 bridgehead atoms. The molecule has 4 rings (SSSR count). The highest BCUT2D eigenvalue weighted by molar-refractivity contribution is 6.32. The SMILES string of the molecule is CCN(C)Cc1cc(NC(=O)c2ccc(Cl)c(-n3cc(-c4cnn(C)c4C)nn3)c2)cc(C(F)(F)F)c1. The van der Waals surface area contributed by atoms with Crippen molar-refractivity contribution >= 4 is 23.2 Å².